The summed E-state index contributed by atoms with van der Waals surface area (Å²) < 4.78 is 21.1. The number of amides is 1. The van der Waals surface area contributed by atoms with Crippen LogP contribution in [0.1, 0.15) is 15.9 Å². The van der Waals surface area contributed by atoms with Gasteiger partial charge in [-0.2, -0.15) is 5.10 Å². The zero-order valence-electron chi connectivity index (χ0n) is 13.1. The van der Waals surface area contributed by atoms with E-state index in [9.17, 15) is 9.18 Å². The van der Waals surface area contributed by atoms with Crippen molar-refractivity contribution in [2.24, 2.45) is 13.0 Å². The van der Waals surface area contributed by atoms with Gasteiger partial charge in [-0.1, -0.05) is 18.2 Å². The number of halogens is 1. The molecule has 23 heavy (non-hydrogen) atoms. The average molecular weight is 317 g/mol. The largest absolute Gasteiger partial charge is 0.379 e. The van der Waals surface area contributed by atoms with Crippen molar-refractivity contribution >= 4 is 5.91 Å². The van der Waals surface area contributed by atoms with Crippen LogP contribution in [-0.4, -0.2) is 46.9 Å². The minimum absolute atomic E-state index is 0.0536. The molecule has 1 amide bonds. The predicted octanol–water partition coefficient (Wildman–Crippen LogP) is 1.89. The lowest BCUT2D eigenvalue weighted by Gasteiger charge is -2.23. The van der Waals surface area contributed by atoms with E-state index in [1.165, 1.54) is 6.07 Å². The predicted molar refractivity (Wildman–Crippen MR) is 83.5 cm³/mol. The lowest BCUT2D eigenvalue weighted by atomic mass is 9.99. The summed E-state index contributed by atoms with van der Waals surface area (Å²) in [6.07, 6.45) is 3.84. The highest BCUT2D eigenvalue weighted by atomic mass is 19.1. The van der Waals surface area contributed by atoms with Crippen molar-refractivity contribution in [1.29, 1.82) is 0 Å². The quantitative estimate of drug-likeness (QED) is 0.868. The Morgan fingerprint density at radius 2 is 2.26 bits per heavy atom. The van der Waals surface area contributed by atoms with Gasteiger partial charge in [-0.25, -0.2) is 4.39 Å². The van der Waals surface area contributed by atoms with Crippen molar-refractivity contribution < 1.29 is 13.9 Å². The van der Waals surface area contributed by atoms with Crippen LogP contribution in [0.2, 0.25) is 0 Å². The highest BCUT2D eigenvalue weighted by Crippen LogP contribution is 2.17. The van der Waals surface area contributed by atoms with E-state index < -0.39 is 0 Å². The van der Waals surface area contributed by atoms with Gasteiger partial charge in [0.1, 0.15) is 5.82 Å². The van der Waals surface area contributed by atoms with E-state index in [1.54, 1.807) is 41.2 Å². The summed E-state index contributed by atoms with van der Waals surface area (Å²) in [5.41, 5.74) is 1.23. The summed E-state index contributed by atoms with van der Waals surface area (Å²) in [7, 11) is 1.78. The summed E-state index contributed by atoms with van der Waals surface area (Å²) in [6, 6.07) is 6.76. The van der Waals surface area contributed by atoms with Crippen LogP contribution in [0.4, 0.5) is 4.39 Å². The minimum atomic E-state index is -0.207. The van der Waals surface area contributed by atoms with Gasteiger partial charge in [-0.05, 0) is 18.1 Å². The van der Waals surface area contributed by atoms with E-state index in [0.717, 1.165) is 0 Å². The van der Waals surface area contributed by atoms with Gasteiger partial charge in [-0.3, -0.25) is 9.48 Å². The molecule has 0 bridgehead atoms. The number of carbonyl (C=O) groups excluding carboxylic acids is 1. The third-order valence-corrected chi connectivity index (χ3v) is 4.04. The summed E-state index contributed by atoms with van der Waals surface area (Å²) in [6.45, 7) is 2.13. The topological polar surface area (TPSA) is 47.4 Å². The number of carbonyl (C=O) groups is 1. The van der Waals surface area contributed by atoms with Crippen molar-refractivity contribution in [3.05, 3.63) is 53.6 Å². The molecule has 1 fully saturated rings. The lowest BCUT2D eigenvalue weighted by Crippen LogP contribution is -2.36. The Bertz CT molecular complexity index is 686. The number of ether oxygens (including phenoxy) is 1. The van der Waals surface area contributed by atoms with E-state index in [2.05, 4.69) is 5.10 Å². The molecule has 0 N–H and O–H groups in total. The second-order valence-corrected chi connectivity index (χ2v) is 5.89. The summed E-state index contributed by atoms with van der Waals surface area (Å²) in [4.78, 5) is 14.3. The molecule has 1 aromatic carbocycles. The van der Waals surface area contributed by atoms with Crippen LogP contribution >= 0.6 is 0 Å². The van der Waals surface area contributed by atoms with Gasteiger partial charge < -0.3 is 9.64 Å². The van der Waals surface area contributed by atoms with E-state index in [1.807, 2.05) is 6.07 Å². The number of aromatic nitrogens is 2. The zero-order valence-corrected chi connectivity index (χ0v) is 13.1. The van der Waals surface area contributed by atoms with Crippen LogP contribution in [0, 0.1) is 11.7 Å². The molecule has 0 unspecified atom stereocenters. The summed E-state index contributed by atoms with van der Waals surface area (Å²) in [5.74, 6) is -0.181. The van der Waals surface area contributed by atoms with Crippen molar-refractivity contribution in [3.63, 3.8) is 0 Å². The molecule has 1 aliphatic rings. The third kappa shape index (κ3) is 3.76. The molecular weight excluding hydrogens is 297 g/mol. The maximum atomic E-state index is 13.8. The third-order valence-electron chi connectivity index (χ3n) is 4.04. The fourth-order valence-corrected chi connectivity index (χ4v) is 2.88. The fraction of sp³-hybridized carbons (Fsp3) is 0.412. The number of rotatable bonds is 3. The molecule has 0 aliphatic carbocycles. The molecular formula is C17H20FN3O2. The molecule has 1 atom stereocenters. The highest BCUT2D eigenvalue weighted by Gasteiger charge is 2.24. The van der Waals surface area contributed by atoms with E-state index in [0.29, 0.717) is 43.9 Å². The second kappa shape index (κ2) is 6.91. The number of benzene rings is 1. The normalized spacial score (nSPS) is 18.7. The van der Waals surface area contributed by atoms with Crippen molar-refractivity contribution in [2.45, 2.75) is 6.42 Å². The van der Waals surface area contributed by atoms with Crippen LogP contribution in [-0.2, 0) is 18.2 Å². The SMILES string of the molecule is Cn1cc(C(=O)N2CCOC[C@@H](Cc3ccccc3F)C2)cn1. The Morgan fingerprint density at radius 1 is 1.43 bits per heavy atom. The first-order valence-electron chi connectivity index (χ1n) is 7.72. The molecule has 1 aromatic heterocycles. The van der Waals surface area contributed by atoms with E-state index in [-0.39, 0.29) is 17.6 Å². The molecule has 2 aromatic rings. The minimum Gasteiger partial charge on any atom is -0.379 e. The van der Waals surface area contributed by atoms with Crippen molar-refractivity contribution in [3.8, 4) is 0 Å². The van der Waals surface area contributed by atoms with Gasteiger partial charge in [0.2, 0.25) is 0 Å². The van der Waals surface area contributed by atoms with Crippen LogP contribution < -0.4 is 0 Å². The molecule has 2 heterocycles. The van der Waals surface area contributed by atoms with Crippen LogP contribution in [0.15, 0.2) is 36.7 Å². The number of nitrogens with zero attached hydrogens (tertiary/aromatic N) is 3. The average Bonchev–Trinajstić information content (AvgIpc) is 2.84. The van der Waals surface area contributed by atoms with Crippen LogP contribution in [0.3, 0.4) is 0 Å². The molecule has 3 rings (SSSR count). The smallest absolute Gasteiger partial charge is 0.257 e. The number of hydrogen-bond donors (Lipinski definition) is 0. The molecule has 0 spiro atoms. The highest BCUT2D eigenvalue weighted by molar-refractivity contribution is 5.93. The van der Waals surface area contributed by atoms with Crippen molar-refractivity contribution in [1.82, 2.24) is 14.7 Å². The van der Waals surface area contributed by atoms with Gasteiger partial charge in [0.25, 0.3) is 5.91 Å². The lowest BCUT2D eigenvalue weighted by molar-refractivity contribution is 0.0737. The van der Waals surface area contributed by atoms with Gasteiger partial charge in [0, 0.05) is 32.3 Å². The standard InChI is InChI=1S/C17H20FN3O2/c1-20-11-15(9-19-20)17(22)21-6-7-23-12-13(10-21)8-14-4-2-3-5-16(14)18/h2-5,9,11,13H,6-8,10,12H2,1H3/t13-/m0/s1. The first-order chi connectivity index (χ1) is 11.1. The van der Waals surface area contributed by atoms with Gasteiger partial charge in [0.15, 0.2) is 0 Å². The Kier molecular flexibility index (Phi) is 4.71. The van der Waals surface area contributed by atoms with Crippen LogP contribution in [0.25, 0.3) is 0 Å². The molecule has 0 saturated carbocycles. The first kappa shape index (κ1) is 15.7. The summed E-state index contributed by atoms with van der Waals surface area (Å²) >= 11 is 0. The molecule has 122 valence electrons. The number of hydrogen-bond acceptors (Lipinski definition) is 3. The maximum Gasteiger partial charge on any atom is 0.257 e. The Labute approximate surface area is 134 Å². The van der Waals surface area contributed by atoms with Crippen molar-refractivity contribution in [2.75, 3.05) is 26.3 Å². The molecule has 5 nitrogen and oxygen atoms in total. The Morgan fingerprint density at radius 3 is 3.00 bits per heavy atom. The molecule has 1 aliphatic heterocycles. The first-order valence-corrected chi connectivity index (χ1v) is 7.72. The maximum absolute atomic E-state index is 13.8. The van der Waals surface area contributed by atoms with Gasteiger partial charge >= 0.3 is 0 Å². The van der Waals surface area contributed by atoms with Gasteiger partial charge in [0.05, 0.1) is 25.0 Å². The van der Waals surface area contributed by atoms with E-state index >= 15 is 0 Å². The zero-order chi connectivity index (χ0) is 16.2. The molecule has 6 heteroatoms. The van der Waals surface area contributed by atoms with Gasteiger partial charge in [-0.15, -0.1) is 0 Å². The van der Waals surface area contributed by atoms with E-state index in [4.69, 9.17) is 4.74 Å². The Balaban J connectivity index is 1.71. The molecule has 1 saturated heterocycles. The monoisotopic (exact) mass is 317 g/mol. The Hall–Kier alpha value is -2.21. The second-order valence-electron chi connectivity index (χ2n) is 5.89. The molecule has 0 radical (unpaired) electrons. The fourth-order valence-electron chi connectivity index (χ4n) is 2.88. The number of aryl methyl sites for hydroxylation is 1. The van der Waals surface area contributed by atoms with Crippen LogP contribution in [0.5, 0.6) is 0 Å². The summed E-state index contributed by atoms with van der Waals surface area (Å²) in [5, 5.41) is 4.04.